The van der Waals surface area contributed by atoms with Crippen LogP contribution >= 0.6 is 0 Å². The molecule has 13 heteroatoms. The van der Waals surface area contributed by atoms with E-state index >= 15 is 0 Å². The summed E-state index contributed by atoms with van der Waals surface area (Å²) >= 11 is 0. The highest BCUT2D eigenvalue weighted by atomic mass is 19.1. The predicted octanol–water partition coefficient (Wildman–Crippen LogP) is 1.46. The molecule has 0 aromatic carbocycles. The normalized spacial score (nSPS) is 9.65. The fourth-order valence-electron chi connectivity index (χ4n) is 2.29. The number of nitrogen functional groups attached to an aromatic ring is 2. The molecule has 0 aliphatic heterocycles. The summed E-state index contributed by atoms with van der Waals surface area (Å²) < 4.78 is 17.8. The van der Waals surface area contributed by atoms with Gasteiger partial charge in [0.1, 0.15) is 11.6 Å². The van der Waals surface area contributed by atoms with Crippen molar-refractivity contribution in [3.63, 3.8) is 0 Å². The molecular weight excluding hydrogens is 413 g/mol. The van der Waals surface area contributed by atoms with Crippen molar-refractivity contribution in [3.05, 3.63) is 52.6 Å². The number of aromatic amines is 2. The molecule has 0 aliphatic rings. The number of alkyl halides is 1. The Kier molecular flexibility index (Phi) is 13.6. The number of halogens is 1. The summed E-state index contributed by atoms with van der Waals surface area (Å²) in [5.41, 5.74) is 8.21. The summed E-state index contributed by atoms with van der Waals surface area (Å²) in [4.78, 5) is 58.8. The number of hydrogen-bond donors (Lipinski definition) is 4. The molecular formula is C18H32FN7O5. The van der Waals surface area contributed by atoms with Crippen molar-refractivity contribution in [2.24, 2.45) is 5.18 Å². The van der Waals surface area contributed by atoms with Crippen LogP contribution in [0.1, 0.15) is 48.3 Å². The number of nitroso groups, excluding NO2 is 1. The molecule has 0 fully saturated rings. The second-order valence-electron chi connectivity index (χ2n) is 5.96. The molecule has 31 heavy (non-hydrogen) atoms. The summed E-state index contributed by atoms with van der Waals surface area (Å²) in [6.45, 7) is 4.89. The molecule has 2 heterocycles. The molecule has 0 bridgehead atoms. The van der Waals surface area contributed by atoms with Crippen LogP contribution in [0.4, 0.5) is 21.7 Å². The number of rotatable bonds is 7. The maximum absolute atomic E-state index is 11.3. The SMILES string of the molecule is CCCCn1c(N)c(N=O)c(=O)[nH]c1=O.CCCCn1c(N)cc(=O)[nH]c1=O.CF.[2H]C. The quantitative estimate of drug-likeness (QED) is 0.462. The number of H-pyrrole nitrogens is 2. The van der Waals surface area contributed by atoms with Crippen LogP contribution < -0.4 is 34.0 Å². The van der Waals surface area contributed by atoms with Gasteiger partial charge in [-0.05, 0) is 18.0 Å². The fourth-order valence-corrected chi connectivity index (χ4v) is 2.29. The zero-order valence-electron chi connectivity index (χ0n) is 19.2. The van der Waals surface area contributed by atoms with E-state index in [9.17, 15) is 28.5 Å². The van der Waals surface area contributed by atoms with Gasteiger partial charge < -0.3 is 11.5 Å². The van der Waals surface area contributed by atoms with Gasteiger partial charge in [-0.15, -0.1) is 4.91 Å². The summed E-state index contributed by atoms with van der Waals surface area (Å²) in [6.07, 6.45) is 3.45. The Labute approximate surface area is 179 Å². The first-order chi connectivity index (χ1) is 15.3. The summed E-state index contributed by atoms with van der Waals surface area (Å²) in [6, 6.07) is 1.22. The van der Waals surface area contributed by atoms with Gasteiger partial charge in [0.25, 0.3) is 11.1 Å². The number of unbranched alkanes of at least 4 members (excludes halogenated alkanes) is 2. The van der Waals surface area contributed by atoms with E-state index in [1.165, 1.54) is 18.0 Å². The van der Waals surface area contributed by atoms with Crippen LogP contribution in [0.5, 0.6) is 0 Å². The smallest absolute Gasteiger partial charge is 0.330 e. The lowest BCUT2D eigenvalue weighted by atomic mass is 10.3. The standard InChI is InChI=1S/C8H12N4O3.C8H13N3O2.CH3F.CH4/c1-2-3-4-12-6(9)5(11-15)7(13)10-8(12)14;1-2-3-4-11-6(9)5-7(12)10-8(11)13;1-2;/h2-4,9H2,1H3,(H,10,13,14);5H,2-4,9H2,1H3,(H,10,12,13);1H3;1H4/i;;;1D. The topological polar surface area (TPSA) is 191 Å². The number of anilines is 2. The van der Waals surface area contributed by atoms with Crippen molar-refractivity contribution < 1.29 is 5.76 Å². The average Bonchev–Trinajstić information content (AvgIpc) is 2.76. The van der Waals surface area contributed by atoms with Crippen LogP contribution in [0, 0.1) is 4.91 Å². The van der Waals surface area contributed by atoms with E-state index < -0.39 is 28.2 Å². The van der Waals surface area contributed by atoms with E-state index in [0.29, 0.717) is 20.3 Å². The summed E-state index contributed by atoms with van der Waals surface area (Å²) in [7, 11) is 1.75. The molecule has 176 valence electrons. The van der Waals surface area contributed by atoms with Crippen molar-refractivity contribution in [2.75, 3.05) is 18.6 Å². The van der Waals surface area contributed by atoms with E-state index in [0.717, 1.165) is 30.3 Å². The third-order valence-corrected chi connectivity index (χ3v) is 3.84. The lowest BCUT2D eigenvalue weighted by molar-refractivity contribution is 0.605. The minimum absolute atomic E-state index is 0.174. The van der Waals surface area contributed by atoms with Gasteiger partial charge in [-0.2, -0.15) is 0 Å². The third-order valence-electron chi connectivity index (χ3n) is 3.84. The molecule has 2 aromatic rings. The van der Waals surface area contributed by atoms with E-state index in [4.69, 9.17) is 12.8 Å². The van der Waals surface area contributed by atoms with Crippen LogP contribution in [0.15, 0.2) is 30.4 Å². The minimum Gasteiger partial charge on any atom is -0.385 e. The molecule has 0 saturated carbocycles. The Bertz CT molecular complexity index is 1050. The van der Waals surface area contributed by atoms with Crippen LogP contribution in [0.2, 0.25) is 0 Å². The molecule has 2 aromatic heterocycles. The van der Waals surface area contributed by atoms with Gasteiger partial charge in [0.05, 0.1) is 7.18 Å². The summed E-state index contributed by atoms with van der Waals surface area (Å²) in [5.74, 6) is 0.0504. The third kappa shape index (κ3) is 8.80. The van der Waals surface area contributed by atoms with Crippen LogP contribution in [-0.2, 0) is 13.1 Å². The van der Waals surface area contributed by atoms with Crippen molar-refractivity contribution in [1.29, 1.82) is 0 Å². The molecule has 0 amide bonds. The highest BCUT2D eigenvalue weighted by Gasteiger charge is 2.11. The highest BCUT2D eigenvalue weighted by molar-refractivity contribution is 5.55. The maximum atomic E-state index is 11.3. The predicted molar refractivity (Wildman–Crippen MR) is 121 cm³/mol. The molecule has 0 unspecified atom stereocenters. The molecule has 0 aliphatic carbocycles. The van der Waals surface area contributed by atoms with Gasteiger partial charge in [0, 0.05) is 20.5 Å². The average molecular weight is 447 g/mol. The molecule has 2 rings (SSSR count). The molecule has 6 N–H and O–H groups in total. The molecule has 0 spiro atoms. The lowest BCUT2D eigenvalue weighted by Crippen LogP contribution is -2.31. The van der Waals surface area contributed by atoms with E-state index in [1.807, 2.05) is 18.8 Å². The molecule has 0 radical (unpaired) electrons. The number of hydrogen-bond acceptors (Lipinski definition) is 8. The molecule has 12 nitrogen and oxygen atoms in total. The van der Waals surface area contributed by atoms with Crippen molar-refractivity contribution in [2.45, 2.75) is 60.0 Å². The van der Waals surface area contributed by atoms with E-state index in [2.05, 4.69) is 10.2 Å². The number of nitrogens with zero attached hydrogens (tertiary/aromatic N) is 3. The monoisotopic (exact) mass is 446 g/mol. The minimum atomic E-state index is -0.847. The van der Waals surface area contributed by atoms with E-state index in [1.54, 1.807) is 0 Å². The van der Waals surface area contributed by atoms with Crippen LogP contribution in [0.3, 0.4) is 0 Å². The zero-order valence-corrected chi connectivity index (χ0v) is 18.2. The first kappa shape index (κ1) is 27.5. The van der Waals surface area contributed by atoms with Gasteiger partial charge in [-0.3, -0.25) is 33.1 Å². The first-order valence-electron chi connectivity index (χ1n) is 10.2. The molecule has 0 saturated heterocycles. The first-order valence-corrected chi connectivity index (χ1v) is 9.20. The van der Waals surface area contributed by atoms with Gasteiger partial charge in [0.15, 0.2) is 0 Å². The zero-order chi connectivity index (χ0) is 25.3. The van der Waals surface area contributed by atoms with E-state index in [-0.39, 0.29) is 11.6 Å². The second-order valence-corrected chi connectivity index (χ2v) is 5.96. The van der Waals surface area contributed by atoms with Gasteiger partial charge in [0.2, 0.25) is 5.69 Å². The van der Waals surface area contributed by atoms with Gasteiger partial charge in [-0.25, -0.2) is 9.59 Å². The maximum Gasteiger partial charge on any atom is 0.330 e. The van der Waals surface area contributed by atoms with Crippen molar-refractivity contribution >= 4 is 17.3 Å². The summed E-state index contributed by atoms with van der Waals surface area (Å²) in [5, 5.41) is 2.50. The molecule has 0 atom stereocenters. The number of aromatic nitrogens is 4. The largest absolute Gasteiger partial charge is 0.385 e. The Hall–Kier alpha value is -3.51. The Morgan fingerprint density at radius 1 is 1.00 bits per heavy atom. The second kappa shape index (κ2) is 15.3. The fraction of sp³-hybridized carbons (Fsp3) is 0.556. The Morgan fingerprint density at radius 3 is 1.94 bits per heavy atom. The Balaban J connectivity index is 0. The number of nitrogens with two attached hydrogens (primary N) is 2. The van der Waals surface area contributed by atoms with Crippen molar-refractivity contribution in [1.82, 2.24) is 19.1 Å². The van der Waals surface area contributed by atoms with Crippen LogP contribution in [-0.4, -0.2) is 26.3 Å². The Morgan fingerprint density at radius 2 is 1.48 bits per heavy atom. The van der Waals surface area contributed by atoms with Gasteiger partial charge in [-0.1, -0.05) is 34.1 Å². The van der Waals surface area contributed by atoms with Crippen LogP contribution in [0.25, 0.3) is 0 Å². The lowest BCUT2D eigenvalue weighted by Gasteiger charge is -2.07. The highest BCUT2D eigenvalue weighted by Crippen LogP contribution is 2.13. The number of nitrogens with one attached hydrogen (secondary N) is 2. The van der Waals surface area contributed by atoms with Crippen molar-refractivity contribution in [3.8, 4) is 0 Å². The van der Waals surface area contributed by atoms with Gasteiger partial charge >= 0.3 is 11.4 Å².